The van der Waals surface area contributed by atoms with E-state index in [-0.39, 0.29) is 30.2 Å². The summed E-state index contributed by atoms with van der Waals surface area (Å²) in [5.74, 6) is -0.330. The maximum Gasteiger partial charge on any atom is 0.243 e. The number of nitrogens with two attached hydrogens (primary N) is 1. The van der Waals surface area contributed by atoms with Crippen molar-refractivity contribution in [2.45, 2.75) is 31.3 Å². The van der Waals surface area contributed by atoms with Crippen LogP contribution in [0.25, 0.3) is 0 Å². The minimum Gasteiger partial charge on any atom is -0.325 e. The van der Waals surface area contributed by atoms with Gasteiger partial charge in [-0.25, -0.2) is 9.40 Å². The van der Waals surface area contributed by atoms with Crippen molar-refractivity contribution in [3.8, 4) is 0 Å². The summed E-state index contributed by atoms with van der Waals surface area (Å²) in [7, 11) is 0. The molecule has 0 saturated carbocycles. The quantitative estimate of drug-likeness (QED) is 0.897. The van der Waals surface area contributed by atoms with Crippen LogP contribution in [0.1, 0.15) is 30.9 Å². The Morgan fingerprint density at radius 1 is 1.29 bits per heavy atom. The van der Waals surface area contributed by atoms with E-state index in [2.05, 4.69) is 5.43 Å². The highest BCUT2D eigenvalue weighted by molar-refractivity contribution is 5.80. The third-order valence-corrected chi connectivity index (χ3v) is 3.83. The van der Waals surface area contributed by atoms with Crippen molar-refractivity contribution in [1.82, 2.24) is 10.4 Å². The monoisotopic (exact) mass is 287 g/mol. The van der Waals surface area contributed by atoms with Crippen molar-refractivity contribution in [2.24, 2.45) is 5.73 Å². The van der Waals surface area contributed by atoms with E-state index in [0.717, 1.165) is 5.56 Å². The minimum atomic E-state index is -0.268. The van der Waals surface area contributed by atoms with E-state index in [1.54, 1.807) is 5.01 Å². The fourth-order valence-corrected chi connectivity index (χ4v) is 2.84. The van der Waals surface area contributed by atoms with Gasteiger partial charge in [-0.05, 0) is 30.6 Å². The predicted octanol–water partition coefficient (Wildman–Crippen LogP) is 2.32. The Bertz CT molecular complexity index is 597. The molecule has 1 aromatic carbocycles. The number of nitrogens with one attached hydrogen (secondary N) is 1. The Balaban J connectivity index is 1.85. The second-order valence-electron chi connectivity index (χ2n) is 5.40. The summed E-state index contributed by atoms with van der Waals surface area (Å²) in [6.45, 7) is 0. The first-order chi connectivity index (χ1) is 10.1. The van der Waals surface area contributed by atoms with Gasteiger partial charge in [-0.15, -0.1) is 0 Å². The van der Waals surface area contributed by atoms with E-state index in [0.29, 0.717) is 18.5 Å². The lowest BCUT2D eigenvalue weighted by Gasteiger charge is -2.30. The molecular formula is C16H18FN3O. The molecule has 0 radical (unpaired) electrons. The molecule has 2 aliphatic rings. The number of rotatable bonds is 3. The zero-order valence-corrected chi connectivity index (χ0v) is 11.6. The van der Waals surface area contributed by atoms with E-state index in [1.807, 2.05) is 30.3 Å². The molecule has 1 aliphatic carbocycles. The van der Waals surface area contributed by atoms with Gasteiger partial charge in [0, 0.05) is 18.2 Å². The molecule has 0 unspecified atom stereocenters. The molecule has 3 N–H and O–H groups in total. The Kier molecular flexibility index (Phi) is 3.75. The van der Waals surface area contributed by atoms with Gasteiger partial charge in [0.15, 0.2) is 0 Å². The summed E-state index contributed by atoms with van der Waals surface area (Å²) in [5, 5.41) is 1.55. The summed E-state index contributed by atoms with van der Waals surface area (Å²) in [4.78, 5) is 12.2. The van der Waals surface area contributed by atoms with Crippen LogP contribution in [0, 0.1) is 0 Å². The predicted molar refractivity (Wildman–Crippen MR) is 78.3 cm³/mol. The van der Waals surface area contributed by atoms with Crippen LogP contribution in [0.2, 0.25) is 0 Å². The molecule has 1 aromatic rings. The fourth-order valence-electron chi connectivity index (χ4n) is 2.84. The molecule has 1 heterocycles. The highest BCUT2D eigenvalue weighted by atomic mass is 19.1. The standard InChI is InChI=1S/C16H18FN3O/c17-12-7-4-8-13(9-12)19-20-15(21)10-14(18)16(20)11-5-2-1-3-6-11/h1-3,5-7,9,14,16,19H,4,8,10,18H2/t14-,16+/m0/s1. The number of carbonyl (C=O) groups excluding carboxylic acids is 1. The molecule has 0 bridgehead atoms. The third kappa shape index (κ3) is 2.83. The topological polar surface area (TPSA) is 58.4 Å². The zero-order valence-electron chi connectivity index (χ0n) is 11.6. The van der Waals surface area contributed by atoms with Crippen molar-refractivity contribution in [1.29, 1.82) is 0 Å². The maximum absolute atomic E-state index is 13.3. The van der Waals surface area contributed by atoms with Crippen LogP contribution < -0.4 is 11.2 Å². The van der Waals surface area contributed by atoms with Crippen LogP contribution in [0.5, 0.6) is 0 Å². The first-order valence-electron chi connectivity index (χ1n) is 7.10. The highest BCUT2D eigenvalue weighted by Crippen LogP contribution is 2.31. The molecule has 1 amide bonds. The second-order valence-corrected chi connectivity index (χ2v) is 5.40. The van der Waals surface area contributed by atoms with Gasteiger partial charge in [0.25, 0.3) is 0 Å². The summed E-state index contributed by atoms with van der Waals surface area (Å²) in [5.41, 5.74) is 10.9. The van der Waals surface area contributed by atoms with Crippen molar-refractivity contribution >= 4 is 5.91 Å². The summed E-state index contributed by atoms with van der Waals surface area (Å²) in [6.07, 6.45) is 4.58. The lowest BCUT2D eigenvalue weighted by atomic mass is 10.0. The van der Waals surface area contributed by atoms with Crippen LogP contribution in [0.15, 0.2) is 54.0 Å². The number of hydrogen-bond donors (Lipinski definition) is 2. The van der Waals surface area contributed by atoms with Gasteiger partial charge >= 0.3 is 0 Å². The lowest BCUT2D eigenvalue weighted by molar-refractivity contribution is -0.131. The molecule has 0 spiro atoms. The number of nitrogens with zero attached hydrogens (tertiary/aromatic N) is 1. The summed E-state index contributed by atoms with van der Waals surface area (Å²) >= 11 is 0. The second kappa shape index (κ2) is 5.69. The molecule has 1 fully saturated rings. The van der Waals surface area contributed by atoms with Crippen LogP contribution in [-0.2, 0) is 4.79 Å². The minimum absolute atomic E-state index is 0.0628. The van der Waals surface area contributed by atoms with Crippen molar-refractivity contribution in [2.75, 3.05) is 0 Å². The Hall–Kier alpha value is -2.14. The van der Waals surface area contributed by atoms with Gasteiger partial charge in [-0.2, -0.15) is 0 Å². The molecule has 1 saturated heterocycles. The Morgan fingerprint density at radius 3 is 2.76 bits per heavy atom. The molecular weight excluding hydrogens is 269 g/mol. The zero-order chi connectivity index (χ0) is 14.8. The number of halogens is 1. The number of carbonyl (C=O) groups is 1. The average Bonchev–Trinajstić information content (AvgIpc) is 2.74. The lowest BCUT2D eigenvalue weighted by Crippen LogP contribution is -2.42. The van der Waals surface area contributed by atoms with Gasteiger partial charge in [0.2, 0.25) is 5.91 Å². The number of amides is 1. The van der Waals surface area contributed by atoms with Gasteiger partial charge in [0.1, 0.15) is 5.83 Å². The molecule has 0 aromatic heterocycles. The molecule has 3 rings (SSSR count). The largest absolute Gasteiger partial charge is 0.325 e. The first-order valence-corrected chi connectivity index (χ1v) is 7.10. The van der Waals surface area contributed by atoms with Crippen LogP contribution in [0.4, 0.5) is 4.39 Å². The number of hydrazine groups is 1. The van der Waals surface area contributed by atoms with E-state index in [4.69, 9.17) is 5.73 Å². The van der Waals surface area contributed by atoms with E-state index >= 15 is 0 Å². The molecule has 110 valence electrons. The van der Waals surface area contributed by atoms with E-state index in [9.17, 15) is 9.18 Å². The summed E-state index contributed by atoms with van der Waals surface area (Å²) < 4.78 is 13.3. The molecule has 4 nitrogen and oxygen atoms in total. The van der Waals surface area contributed by atoms with Crippen LogP contribution >= 0.6 is 0 Å². The van der Waals surface area contributed by atoms with Crippen molar-refractivity contribution in [3.05, 3.63) is 59.6 Å². The number of allylic oxidation sites excluding steroid dienone is 4. The third-order valence-electron chi connectivity index (χ3n) is 3.83. The van der Waals surface area contributed by atoms with E-state index < -0.39 is 0 Å². The normalized spacial score (nSPS) is 25.6. The maximum atomic E-state index is 13.3. The van der Waals surface area contributed by atoms with Crippen LogP contribution in [0.3, 0.4) is 0 Å². The number of benzene rings is 1. The fraction of sp³-hybridized carbons (Fsp3) is 0.312. The van der Waals surface area contributed by atoms with Crippen molar-refractivity contribution in [3.63, 3.8) is 0 Å². The first kappa shape index (κ1) is 13.8. The molecule has 5 heteroatoms. The van der Waals surface area contributed by atoms with Crippen LogP contribution in [-0.4, -0.2) is 17.0 Å². The Labute approximate surface area is 123 Å². The molecule has 1 aliphatic heterocycles. The average molecular weight is 287 g/mol. The summed E-state index contributed by atoms with van der Waals surface area (Å²) in [6, 6.07) is 9.18. The van der Waals surface area contributed by atoms with Crippen molar-refractivity contribution < 1.29 is 9.18 Å². The Morgan fingerprint density at radius 2 is 2.05 bits per heavy atom. The van der Waals surface area contributed by atoms with Gasteiger partial charge in [-0.1, -0.05) is 30.3 Å². The van der Waals surface area contributed by atoms with Gasteiger partial charge in [0.05, 0.1) is 6.04 Å². The SMILES string of the molecule is N[C@H]1CC(=O)N(NC2=CC(F)=CCC2)[C@@H]1c1ccccc1. The highest BCUT2D eigenvalue weighted by Gasteiger charge is 2.39. The number of hydrogen-bond acceptors (Lipinski definition) is 3. The smallest absolute Gasteiger partial charge is 0.243 e. The van der Waals surface area contributed by atoms with E-state index in [1.165, 1.54) is 12.2 Å². The van der Waals surface area contributed by atoms with Gasteiger partial charge in [-0.3, -0.25) is 10.2 Å². The molecule has 21 heavy (non-hydrogen) atoms. The van der Waals surface area contributed by atoms with Gasteiger partial charge < -0.3 is 5.73 Å². The molecule has 2 atom stereocenters.